The van der Waals surface area contributed by atoms with Crippen LogP contribution in [-0.2, 0) is 11.2 Å². The molecule has 1 amide bonds. The second-order valence-electron chi connectivity index (χ2n) is 6.82. The Balaban J connectivity index is 1.31. The number of carbonyl (C=O) groups is 1. The van der Waals surface area contributed by atoms with Crippen molar-refractivity contribution in [1.82, 2.24) is 10.3 Å². The number of carbonyl (C=O) groups excluding carboxylic acids is 1. The monoisotopic (exact) mass is 447 g/mol. The summed E-state index contributed by atoms with van der Waals surface area (Å²) in [7, 11) is 0. The first-order valence-electron chi connectivity index (χ1n) is 9.83. The van der Waals surface area contributed by atoms with Crippen molar-refractivity contribution in [3.63, 3.8) is 0 Å². The molecule has 0 fully saturated rings. The summed E-state index contributed by atoms with van der Waals surface area (Å²) in [5.74, 6) is 0.548. The number of phenolic OH excluding ortho intramolecular Hbond substituents is 1. The minimum absolute atomic E-state index is 0.00754. The zero-order valence-electron chi connectivity index (χ0n) is 16.7. The SMILES string of the molecule is O=C(CSc1nc2ccc(N=Cc3ccccc3O)cc2s1)NCCc1ccccc1. The van der Waals surface area contributed by atoms with Gasteiger partial charge in [0.25, 0.3) is 0 Å². The molecule has 2 N–H and O–H groups in total. The number of aliphatic imine (C=N–C) groups is 1. The maximum Gasteiger partial charge on any atom is 0.230 e. The summed E-state index contributed by atoms with van der Waals surface area (Å²) in [6.45, 7) is 0.627. The number of nitrogens with one attached hydrogen (secondary N) is 1. The summed E-state index contributed by atoms with van der Waals surface area (Å²) in [5, 5.41) is 12.8. The molecule has 1 heterocycles. The third kappa shape index (κ3) is 5.93. The lowest BCUT2D eigenvalue weighted by Crippen LogP contribution is -2.27. The molecule has 156 valence electrons. The van der Waals surface area contributed by atoms with Gasteiger partial charge in [-0.05, 0) is 42.3 Å². The van der Waals surface area contributed by atoms with Crippen molar-refractivity contribution in [2.45, 2.75) is 10.8 Å². The van der Waals surface area contributed by atoms with Gasteiger partial charge in [-0.3, -0.25) is 9.79 Å². The molecule has 3 aromatic carbocycles. The van der Waals surface area contributed by atoms with Gasteiger partial charge in [-0.2, -0.15) is 0 Å². The van der Waals surface area contributed by atoms with Crippen LogP contribution in [-0.4, -0.2) is 34.5 Å². The van der Waals surface area contributed by atoms with E-state index in [4.69, 9.17) is 0 Å². The topological polar surface area (TPSA) is 74.6 Å². The summed E-state index contributed by atoms with van der Waals surface area (Å²) < 4.78 is 1.87. The number of phenols is 1. The van der Waals surface area contributed by atoms with Crippen molar-refractivity contribution in [1.29, 1.82) is 0 Å². The molecule has 7 heteroatoms. The van der Waals surface area contributed by atoms with E-state index < -0.39 is 0 Å². The number of rotatable bonds is 8. The van der Waals surface area contributed by atoms with Crippen molar-refractivity contribution in [2.75, 3.05) is 12.3 Å². The smallest absolute Gasteiger partial charge is 0.230 e. The second-order valence-corrected chi connectivity index (χ2v) is 9.08. The van der Waals surface area contributed by atoms with E-state index in [1.54, 1.807) is 29.7 Å². The molecule has 0 aliphatic rings. The minimum Gasteiger partial charge on any atom is -0.507 e. The number of nitrogens with zero attached hydrogens (tertiary/aromatic N) is 2. The first-order chi connectivity index (χ1) is 15.2. The third-order valence-corrected chi connectivity index (χ3v) is 6.71. The number of hydrogen-bond acceptors (Lipinski definition) is 6. The van der Waals surface area contributed by atoms with E-state index in [0.717, 1.165) is 26.7 Å². The standard InChI is InChI=1S/C24H21N3O2S2/c28-21-9-5-4-8-18(21)15-26-19-10-11-20-22(14-19)31-24(27-20)30-16-23(29)25-13-12-17-6-2-1-3-7-17/h1-11,14-15,28H,12-13,16H2,(H,25,29). The Labute approximate surface area is 188 Å². The van der Waals surface area contributed by atoms with Gasteiger partial charge in [0.2, 0.25) is 5.91 Å². The Hall–Kier alpha value is -3.16. The van der Waals surface area contributed by atoms with E-state index in [0.29, 0.717) is 17.9 Å². The number of aromatic hydroxyl groups is 1. The third-order valence-electron chi connectivity index (χ3n) is 4.55. The molecule has 0 bridgehead atoms. The number of para-hydroxylation sites is 1. The number of thiazole rings is 1. The van der Waals surface area contributed by atoms with Gasteiger partial charge < -0.3 is 10.4 Å². The highest BCUT2D eigenvalue weighted by molar-refractivity contribution is 8.01. The van der Waals surface area contributed by atoms with Gasteiger partial charge in [0.1, 0.15) is 5.75 Å². The number of benzene rings is 3. The van der Waals surface area contributed by atoms with Crippen LogP contribution in [0, 0.1) is 0 Å². The average molecular weight is 448 g/mol. The van der Waals surface area contributed by atoms with Crippen LogP contribution in [0.2, 0.25) is 0 Å². The number of thioether (sulfide) groups is 1. The summed E-state index contributed by atoms with van der Waals surface area (Å²) >= 11 is 2.99. The summed E-state index contributed by atoms with van der Waals surface area (Å²) in [6.07, 6.45) is 2.47. The van der Waals surface area contributed by atoms with Gasteiger partial charge in [-0.15, -0.1) is 11.3 Å². The fourth-order valence-electron chi connectivity index (χ4n) is 2.94. The molecule has 0 saturated carbocycles. The van der Waals surface area contributed by atoms with Crippen LogP contribution in [0.4, 0.5) is 5.69 Å². The molecule has 5 nitrogen and oxygen atoms in total. The molecule has 0 aliphatic carbocycles. The lowest BCUT2D eigenvalue weighted by molar-refractivity contribution is -0.118. The number of fused-ring (bicyclic) bond motifs is 1. The van der Waals surface area contributed by atoms with Crippen molar-refractivity contribution >= 4 is 51.1 Å². The fourth-order valence-corrected chi connectivity index (χ4v) is 4.88. The maximum atomic E-state index is 12.1. The van der Waals surface area contributed by atoms with Crippen LogP contribution in [0.1, 0.15) is 11.1 Å². The maximum absolute atomic E-state index is 12.1. The molecule has 0 radical (unpaired) electrons. The number of amides is 1. The van der Waals surface area contributed by atoms with E-state index in [9.17, 15) is 9.90 Å². The molecule has 0 unspecified atom stereocenters. The summed E-state index contributed by atoms with van der Waals surface area (Å²) in [5.41, 5.74) is 3.55. The Kier molecular flexibility index (Phi) is 6.96. The van der Waals surface area contributed by atoms with Crippen LogP contribution in [0.15, 0.2) is 82.1 Å². The Bertz CT molecular complexity index is 1210. The predicted octanol–water partition coefficient (Wildman–Crippen LogP) is 5.20. The van der Waals surface area contributed by atoms with Crippen LogP contribution < -0.4 is 5.32 Å². The average Bonchev–Trinajstić information content (AvgIpc) is 3.20. The van der Waals surface area contributed by atoms with E-state index in [2.05, 4.69) is 27.4 Å². The number of hydrogen-bond donors (Lipinski definition) is 2. The Morgan fingerprint density at radius 3 is 2.74 bits per heavy atom. The van der Waals surface area contributed by atoms with E-state index in [1.165, 1.54) is 17.3 Å². The van der Waals surface area contributed by atoms with Gasteiger partial charge in [-0.1, -0.05) is 54.2 Å². The van der Waals surface area contributed by atoms with Crippen molar-refractivity contribution in [2.24, 2.45) is 4.99 Å². The molecule has 0 atom stereocenters. The van der Waals surface area contributed by atoms with Crippen LogP contribution >= 0.6 is 23.1 Å². The predicted molar refractivity (Wildman–Crippen MR) is 129 cm³/mol. The van der Waals surface area contributed by atoms with E-state index in [-0.39, 0.29) is 11.7 Å². The highest BCUT2D eigenvalue weighted by Crippen LogP contribution is 2.32. The van der Waals surface area contributed by atoms with Gasteiger partial charge in [0, 0.05) is 18.3 Å². The lowest BCUT2D eigenvalue weighted by atomic mass is 10.1. The summed E-state index contributed by atoms with van der Waals surface area (Å²) in [6, 6.07) is 23.0. The zero-order valence-corrected chi connectivity index (χ0v) is 18.3. The molecule has 1 aromatic heterocycles. The molecule has 4 aromatic rings. The quantitative estimate of drug-likeness (QED) is 0.287. The van der Waals surface area contributed by atoms with Gasteiger partial charge >= 0.3 is 0 Å². The van der Waals surface area contributed by atoms with E-state index in [1.807, 2.05) is 48.5 Å². The molecule has 0 aliphatic heterocycles. The van der Waals surface area contributed by atoms with Gasteiger partial charge in [0.05, 0.1) is 21.7 Å². The molecular weight excluding hydrogens is 426 g/mol. The fraction of sp³-hybridized carbons (Fsp3) is 0.125. The van der Waals surface area contributed by atoms with Crippen LogP contribution in [0.25, 0.3) is 10.2 Å². The first-order valence-corrected chi connectivity index (χ1v) is 11.6. The van der Waals surface area contributed by atoms with Gasteiger partial charge in [-0.25, -0.2) is 4.98 Å². The molecular formula is C24H21N3O2S2. The number of aromatic nitrogens is 1. The minimum atomic E-state index is 0.00754. The van der Waals surface area contributed by atoms with Gasteiger partial charge in [0.15, 0.2) is 4.34 Å². The highest BCUT2D eigenvalue weighted by Gasteiger charge is 2.08. The largest absolute Gasteiger partial charge is 0.507 e. The lowest BCUT2D eigenvalue weighted by Gasteiger charge is -2.04. The first kappa shape index (κ1) is 21.1. The van der Waals surface area contributed by atoms with Crippen LogP contribution in [0.3, 0.4) is 0 Å². The van der Waals surface area contributed by atoms with Crippen molar-refractivity contribution < 1.29 is 9.90 Å². The zero-order chi connectivity index (χ0) is 21.5. The van der Waals surface area contributed by atoms with Crippen molar-refractivity contribution in [3.8, 4) is 5.75 Å². The molecule has 0 saturated heterocycles. The van der Waals surface area contributed by atoms with E-state index >= 15 is 0 Å². The molecule has 31 heavy (non-hydrogen) atoms. The second kappa shape index (κ2) is 10.2. The summed E-state index contributed by atoms with van der Waals surface area (Å²) in [4.78, 5) is 21.2. The van der Waals surface area contributed by atoms with Crippen molar-refractivity contribution in [3.05, 3.63) is 83.9 Å². The molecule has 0 spiro atoms. The highest BCUT2D eigenvalue weighted by atomic mass is 32.2. The Morgan fingerprint density at radius 2 is 1.90 bits per heavy atom. The van der Waals surface area contributed by atoms with Crippen LogP contribution in [0.5, 0.6) is 5.75 Å². The molecule has 4 rings (SSSR count). The normalized spacial score (nSPS) is 11.2. The Morgan fingerprint density at radius 1 is 1.10 bits per heavy atom.